The second kappa shape index (κ2) is 3.01. The van der Waals surface area contributed by atoms with Crippen LogP contribution in [0, 0.1) is 5.92 Å². The summed E-state index contributed by atoms with van der Waals surface area (Å²) in [6.07, 6.45) is 3.02. The number of methoxy groups -OCH3 is 1. The summed E-state index contributed by atoms with van der Waals surface area (Å²) in [6, 6.07) is 0. The average Bonchev–Trinajstić information content (AvgIpc) is 2.33. The summed E-state index contributed by atoms with van der Waals surface area (Å²) in [5.74, 6) is -0.255. The van der Waals surface area contributed by atoms with Gasteiger partial charge in [-0.3, -0.25) is 4.79 Å². The molecule has 58 valence electrons. The molecule has 1 rings (SSSR count). The van der Waals surface area contributed by atoms with Crippen LogP contribution in [0.15, 0.2) is 0 Å². The van der Waals surface area contributed by atoms with Gasteiger partial charge in [-0.25, -0.2) is 0 Å². The number of primary amides is 1. The fourth-order valence-corrected chi connectivity index (χ4v) is 1.53. The largest absolute Gasteiger partial charge is 0.381 e. The zero-order valence-electron chi connectivity index (χ0n) is 6.17. The minimum Gasteiger partial charge on any atom is -0.381 e. The molecule has 0 unspecified atom stereocenters. The number of hydrogen-bond donors (Lipinski definition) is 1. The molecule has 0 bridgehead atoms. The van der Waals surface area contributed by atoms with Crippen LogP contribution in [0.4, 0.5) is 0 Å². The van der Waals surface area contributed by atoms with Gasteiger partial charge in [-0.2, -0.15) is 0 Å². The van der Waals surface area contributed by atoms with Crippen molar-refractivity contribution in [2.24, 2.45) is 11.7 Å². The summed E-state index contributed by atoms with van der Waals surface area (Å²) in [5, 5.41) is 0. The van der Waals surface area contributed by atoms with Crippen molar-refractivity contribution in [3.63, 3.8) is 0 Å². The van der Waals surface area contributed by atoms with Crippen molar-refractivity contribution >= 4 is 5.91 Å². The minimum atomic E-state index is -0.218. The van der Waals surface area contributed by atoms with Gasteiger partial charge in [-0.15, -0.1) is 0 Å². The van der Waals surface area contributed by atoms with Gasteiger partial charge in [-0.1, -0.05) is 0 Å². The van der Waals surface area contributed by atoms with Gasteiger partial charge < -0.3 is 10.5 Å². The van der Waals surface area contributed by atoms with Crippen molar-refractivity contribution < 1.29 is 9.53 Å². The smallest absolute Gasteiger partial charge is 0.223 e. The first kappa shape index (κ1) is 7.54. The van der Waals surface area contributed by atoms with Crippen molar-refractivity contribution in [3.8, 4) is 0 Å². The molecule has 0 saturated heterocycles. The molecule has 0 heterocycles. The highest BCUT2D eigenvalue weighted by molar-refractivity contribution is 5.77. The fraction of sp³-hybridized carbons (Fsp3) is 0.857. The summed E-state index contributed by atoms with van der Waals surface area (Å²) in [4.78, 5) is 10.7. The van der Waals surface area contributed by atoms with Crippen LogP contribution in [-0.2, 0) is 9.53 Å². The Bertz CT molecular complexity index is 136. The molecule has 1 aliphatic carbocycles. The Morgan fingerprint density at radius 1 is 1.60 bits per heavy atom. The highest BCUT2D eigenvalue weighted by atomic mass is 16.5. The van der Waals surface area contributed by atoms with E-state index in [1.807, 2.05) is 0 Å². The first-order valence-electron chi connectivity index (χ1n) is 3.58. The van der Waals surface area contributed by atoms with Crippen molar-refractivity contribution in [2.75, 3.05) is 7.11 Å². The number of nitrogens with two attached hydrogens (primary N) is 1. The monoisotopic (exact) mass is 143 g/mol. The normalized spacial score (nSPS) is 32.5. The first-order valence-corrected chi connectivity index (χ1v) is 3.58. The Kier molecular flexibility index (Phi) is 2.27. The van der Waals surface area contributed by atoms with Gasteiger partial charge in [0.2, 0.25) is 5.91 Å². The maximum absolute atomic E-state index is 10.7. The van der Waals surface area contributed by atoms with Crippen LogP contribution in [-0.4, -0.2) is 19.1 Å². The van der Waals surface area contributed by atoms with Crippen LogP contribution >= 0.6 is 0 Å². The standard InChI is InChI=1S/C7H13NO2/c1-10-6-4-2-3-5(6)7(8)9/h5-6H,2-4H2,1H3,(H2,8,9)/t5-,6+/m0/s1. The van der Waals surface area contributed by atoms with Gasteiger partial charge in [0.25, 0.3) is 0 Å². The summed E-state index contributed by atoms with van der Waals surface area (Å²) >= 11 is 0. The van der Waals surface area contributed by atoms with E-state index < -0.39 is 0 Å². The highest BCUT2D eigenvalue weighted by Crippen LogP contribution is 2.27. The van der Waals surface area contributed by atoms with E-state index in [-0.39, 0.29) is 17.9 Å². The highest BCUT2D eigenvalue weighted by Gasteiger charge is 2.31. The maximum Gasteiger partial charge on any atom is 0.223 e. The molecule has 1 saturated carbocycles. The Morgan fingerprint density at radius 2 is 2.30 bits per heavy atom. The second-order valence-corrected chi connectivity index (χ2v) is 2.71. The molecule has 0 aliphatic heterocycles. The third kappa shape index (κ3) is 1.29. The molecular formula is C7H13NO2. The van der Waals surface area contributed by atoms with Crippen molar-refractivity contribution in [1.82, 2.24) is 0 Å². The van der Waals surface area contributed by atoms with Crippen LogP contribution in [0.3, 0.4) is 0 Å². The Hall–Kier alpha value is -0.570. The predicted octanol–water partition coefficient (Wildman–Crippen LogP) is 0.287. The zero-order chi connectivity index (χ0) is 7.56. The molecule has 1 aliphatic rings. The molecule has 3 nitrogen and oxygen atoms in total. The van der Waals surface area contributed by atoms with E-state index in [4.69, 9.17) is 10.5 Å². The van der Waals surface area contributed by atoms with Gasteiger partial charge in [0.05, 0.1) is 12.0 Å². The third-order valence-corrected chi connectivity index (χ3v) is 2.12. The fourth-order valence-electron chi connectivity index (χ4n) is 1.53. The summed E-state index contributed by atoms with van der Waals surface area (Å²) in [7, 11) is 1.63. The number of carbonyl (C=O) groups excluding carboxylic acids is 1. The molecule has 3 heteroatoms. The van der Waals surface area contributed by atoms with E-state index in [1.54, 1.807) is 7.11 Å². The number of carbonyl (C=O) groups is 1. The van der Waals surface area contributed by atoms with E-state index in [2.05, 4.69) is 0 Å². The number of ether oxygens (including phenoxy) is 1. The Labute approximate surface area is 60.5 Å². The topological polar surface area (TPSA) is 52.3 Å². The SMILES string of the molecule is CO[C@@H]1CCC[C@@H]1C(N)=O. The lowest BCUT2D eigenvalue weighted by Crippen LogP contribution is -2.30. The number of hydrogen-bond acceptors (Lipinski definition) is 2. The van der Waals surface area contributed by atoms with Crippen molar-refractivity contribution in [3.05, 3.63) is 0 Å². The molecule has 1 fully saturated rings. The quantitative estimate of drug-likeness (QED) is 0.604. The lowest BCUT2D eigenvalue weighted by atomic mass is 10.1. The van der Waals surface area contributed by atoms with Crippen LogP contribution in [0.2, 0.25) is 0 Å². The number of rotatable bonds is 2. The summed E-state index contributed by atoms with van der Waals surface area (Å²) < 4.78 is 5.08. The van der Waals surface area contributed by atoms with Gasteiger partial charge in [-0.05, 0) is 19.3 Å². The summed E-state index contributed by atoms with van der Waals surface area (Å²) in [5.41, 5.74) is 5.14. The van der Waals surface area contributed by atoms with Gasteiger partial charge >= 0.3 is 0 Å². The lowest BCUT2D eigenvalue weighted by Gasteiger charge is -2.13. The van der Waals surface area contributed by atoms with E-state index >= 15 is 0 Å². The molecule has 0 aromatic carbocycles. The molecule has 1 amide bonds. The predicted molar refractivity (Wildman–Crippen MR) is 37.3 cm³/mol. The molecule has 0 aromatic rings. The third-order valence-electron chi connectivity index (χ3n) is 2.12. The van der Waals surface area contributed by atoms with E-state index in [0.29, 0.717) is 0 Å². The van der Waals surface area contributed by atoms with E-state index in [1.165, 1.54) is 0 Å². The maximum atomic E-state index is 10.7. The molecule has 10 heavy (non-hydrogen) atoms. The second-order valence-electron chi connectivity index (χ2n) is 2.71. The molecule has 0 radical (unpaired) electrons. The van der Waals surface area contributed by atoms with Crippen LogP contribution in [0.1, 0.15) is 19.3 Å². The van der Waals surface area contributed by atoms with Crippen molar-refractivity contribution in [2.45, 2.75) is 25.4 Å². The molecular weight excluding hydrogens is 130 g/mol. The van der Waals surface area contributed by atoms with Gasteiger partial charge in [0.15, 0.2) is 0 Å². The molecule has 0 aromatic heterocycles. The molecule has 2 N–H and O–H groups in total. The van der Waals surface area contributed by atoms with Gasteiger partial charge in [0.1, 0.15) is 0 Å². The van der Waals surface area contributed by atoms with Crippen molar-refractivity contribution in [1.29, 1.82) is 0 Å². The van der Waals surface area contributed by atoms with Crippen LogP contribution in [0.5, 0.6) is 0 Å². The van der Waals surface area contributed by atoms with E-state index in [9.17, 15) is 4.79 Å². The molecule has 0 spiro atoms. The average molecular weight is 143 g/mol. The molecule has 2 atom stereocenters. The minimum absolute atomic E-state index is 0.0370. The summed E-state index contributed by atoms with van der Waals surface area (Å²) in [6.45, 7) is 0. The first-order chi connectivity index (χ1) is 4.75. The lowest BCUT2D eigenvalue weighted by molar-refractivity contribution is -0.124. The Balaban J connectivity index is 2.50. The zero-order valence-corrected chi connectivity index (χ0v) is 6.17. The van der Waals surface area contributed by atoms with Crippen LogP contribution in [0.25, 0.3) is 0 Å². The van der Waals surface area contributed by atoms with E-state index in [0.717, 1.165) is 19.3 Å². The number of amides is 1. The Morgan fingerprint density at radius 3 is 2.70 bits per heavy atom. The van der Waals surface area contributed by atoms with Gasteiger partial charge in [0, 0.05) is 7.11 Å². The van der Waals surface area contributed by atoms with Crippen LogP contribution < -0.4 is 5.73 Å².